The van der Waals surface area contributed by atoms with Gasteiger partial charge in [0.2, 0.25) is 0 Å². The Labute approximate surface area is 64.5 Å². The van der Waals surface area contributed by atoms with E-state index < -0.39 is 0 Å². The van der Waals surface area contributed by atoms with Crippen LogP contribution in [0.4, 0.5) is 0 Å². The molecule has 0 aromatic carbocycles. The molecule has 0 atom stereocenters. The third kappa shape index (κ3) is 4.42. The molecule has 0 aliphatic carbocycles. The summed E-state index contributed by atoms with van der Waals surface area (Å²) in [4.78, 5) is 0. The van der Waals surface area contributed by atoms with Crippen molar-refractivity contribution in [3.63, 3.8) is 0 Å². The predicted molar refractivity (Wildman–Crippen MR) is 46.9 cm³/mol. The number of hydrogen-bond acceptors (Lipinski definition) is 1. The minimum absolute atomic E-state index is 0.660. The molecule has 1 heteroatoms. The van der Waals surface area contributed by atoms with E-state index in [9.17, 15) is 0 Å². The summed E-state index contributed by atoms with van der Waals surface area (Å²) < 4.78 is 0. The maximum atomic E-state index is 3.65. The molecule has 0 heterocycles. The minimum Gasteiger partial charge on any atom is -0.389 e. The van der Waals surface area contributed by atoms with Crippen LogP contribution in [0.5, 0.6) is 0 Å². The van der Waals surface area contributed by atoms with Crippen molar-refractivity contribution in [1.82, 2.24) is 5.32 Å². The Balaban J connectivity index is 3.38. The average molecular weight is 141 g/mol. The Morgan fingerprint density at radius 1 is 1.30 bits per heavy atom. The van der Waals surface area contributed by atoms with E-state index in [4.69, 9.17) is 0 Å². The Morgan fingerprint density at radius 3 is 2.10 bits per heavy atom. The second-order valence-electron chi connectivity index (χ2n) is 2.65. The molecule has 0 saturated carbocycles. The van der Waals surface area contributed by atoms with Gasteiger partial charge in [-0.25, -0.2) is 0 Å². The van der Waals surface area contributed by atoms with Crippen LogP contribution in [0.15, 0.2) is 12.8 Å². The van der Waals surface area contributed by atoms with Crippen molar-refractivity contribution in [2.24, 2.45) is 0 Å². The molecular formula is C9H19N. The first-order chi connectivity index (χ1) is 4.85. The van der Waals surface area contributed by atoms with Crippen LogP contribution >= 0.6 is 0 Å². The zero-order valence-corrected chi connectivity index (χ0v) is 7.19. The van der Waals surface area contributed by atoms with Gasteiger partial charge in [-0.05, 0) is 19.0 Å². The monoisotopic (exact) mass is 141 g/mol. The number of nitrogens with one attached hydrogen (secondary N) is 1. The summed E-state index contributed by atoms with van der Waals surface area (Å²) in [7, 11) is 0. The highest BCUT2D eigenvalue weighted by molar-refractivity contribution is 4.73. The summed E-state index contributed by atoms with van der Waals surface area (Å²) in [5.41, 5.74) is 0. The van der Waals surface area contributed by atoms with E-state index in [0.717, 1.165) is 0 Å². The fourth-order valence-electron chi connectivity index (χ4n) is 1.17. The Morgan fingerprint density at radius 2 is 1.80 bits per heavy atom. The third-order valence-electron chi connectivity index (χ3n) is 1.63. The molecule has 0 aliphatic heterocycles. The smallest absolute Gasteiger partial charge is 0.0255 e. The predicted octanol–water partition coefficient (Wildman–Crippen LogP) is 2.69. The van der Waals surface area contributed by atoms with Gasteiger partial charge in [-0.15, -0.1) is 0 Å². The maximum Gasteiger partial charge on any atom is 0.0255 e. The summed E-state index contributed by atoms with van der Waals surface area (Å²) in [6.45, 7) is 8.09. The summed E-state index contributed by atoms with van der Waals surface area (Å²) in [5, 5.41) is 3.25. The number of hydrogen-bond donors (Lipinski definition) is 1. The van der Waals surface area contributed by atoms with Crippen molar-refractivity contribution in [3.8, 4) is 0 Å². The lowest BCUT2D eigenvalue weighted by Crippen LogP contribution is -2.23. The molecule has 0 bridgehead atoms. The fraction of sp³-hybridized carbons (Fsp3) is 0.778. The Hall–Kier alpha value is -0.460. The number of rotatable bonds is 6. The molecule has 1 N–H and O–H groups in total. The molecule has 0 amide bonds. The molecule has 60 valence electrons. The molecule has 1 nitrogen and oxygen atoms in total. The highest BCUT2D eigenvalue weighted by Gasteiger charge is 2.01. The first-order valence-electron chi connectivity index (χ1n) is 4.22. The molecule has 0 unspecified atom stereocenters. The molecule has 0 aromatic heterocycles. The first-order valence-corrected chi connectivity index (χ1v) is 4.22. The maximum absolute atomic E-state index is 3.65. The van der Waals surface area contributed by atoms with E-state index >= 15 is 0 Å². The lowest BCUT2D eigenvalue weighted by molar-refractivity contribution is 0.495. The standard InChI is InChI=1S/C9H19N/c1-4-7-9(8-5-2)10-6-3/h6,9-10H,3-5,7-8H2,1-2H3. The van der Waals surface area contributed by atoms with Crippen LogP contribution in [-0.4, -0.2) is 6.04 Å². The Kier molecular flexibility index (Phi) is 6.35. The van der Waals surface area contributed by atoms with E-state index in [0.29, 0.717) is 6.04 Å². The van der Waals surface area contributed by atoms with Crippen LogP contribution in [0.3, 0.4) is 0 Å². The van der Waals surface area contributed by atoms with Gasteiger partial charge in [0, 0.05) is 6.04 Å². The van der Waals surface area contributed by atoms with Gasteiger partial charge in [0.25, 0.3) is 0 Å². The second-order valence-corrected chi connectivity index (χ2v) is 2.65. The molecule has 0 saturated heterocycles. The summed E-state index contributed by atoms with van der Waals surface area (Å²) in [5.74, 6) is 0. The average Bonchev–Trinajstić information content (AvgIpc) is 1.90. The minimum atomic E-state index is 0.660. The lowest BCUT2D eigenvalue weighted by Gasteiger charge is -2.14. The third-order valence-corrected chi connectivity index (χ3v) is 1.63. The zero-order chi connectivity index (χ0) is 7.82. The van der Waals surface area contributed by atoms with Crippen LogP contribution in [0.1, 0.15) is 39.5 Å². The Bertz CT molecular complexity index is 72.8. The summed E-state index contributed by atoms with van der Waals surface area (Å²) >= 11 is 0. The van der Waals surface area contributed by atoms with Crippen LogP contribution in [0.2, 0.25) is 0 Å². The van der Waals surface area contributed by atoms with E-state index in [2.05, 4.69) is 25.7 Å². The normalized spacial score (nSPS) is 9.90. The zero-order valence-electron chi connectivity index (χ0n) is 7.19. The van der Waals surface area contributed by atoms with E-state index in [1.165, 1.54) is 25.7 Å². The quantitative estimate of drug-likeness (QED) is 0.599. The van der Waals surface area contributed by atoms with Gasteiger partial charge < -0.3 is 5.32 Å². The van der Waals surface area contributed by atoms with Gasteiger partial charge in [0.15, 0.2) is 0 Å². The van der Waals surface area contributed by atoms with Crippen molar-refractivity contribution < 1.29 is 0 Å². The van der Waals surface area contributed by atoms with Gasteiger partial charge in [-0.2, -0.15) is 0 Å². The lowest BCUT2D eigenvalue weighted by atomic mass is 10.1. The summed E-state index contributed by atoms with van der Waals surface area (Å²) in [6, 6.07) is 0.660. The van der Waals surface area contributed by atoms with Crippen molar-refractivity contribution in [3.05, 3.63) is 12.8 Å². The van der Waals surface area contributed by atoms with Crippen LogP contribution in [-0.2, 0) is 0 Å². The van der Waals surface area contributed by atoms with Gasteiger partial charge in [0.1, 0.15) is 0 Å². The topological polar surface area (TPSA) is 12.0 Å². The molecule has 0 rings (SSSR count). The molecular weight excluding hydrogens is 122 g/mol. The van der Waals surface area contributed by atoms with Crippen molar-refractivity contribution in [1.29, 1.82) is 0 Å². The molecule has 10 heavy (non-hydrogen) atoms. The van der Waals surface area contributed by atoms with E-state index in [-0.39, 0.29) is 0 Å². The fourth-order valence-corrected chi connectivity index (χ4v) is 1.17. The first kappa shape index (κ1) is 9.54. The molecule has 0 aliphatic rings. The largest absolute Gasteiger partial charge is 0.389 e. The van der Waals surface area contributed by atoms with Crippen LogP contribution in [0, 0.1) is 0 Å². The van der Waals surface area contributed by atoms with Crippen molar-refractivity contribution in [2.75, 3.05) is 0 Å². The molecule has 0 fully saturated rings. The molecule has 0 radical (unpaired) electrons. The highest BCUT2D eigenvalue weighted by atomic mass is 14.9. The van der Waals surface area contributed by atoms with Crippen LogP contribution in [0.25, 0.3) is 0 Å². The van der Waals surface area contributed by atoms with Gasteiger partial charge in [0.05, 0.1) is 0 Å². The van der Waals surface area contributed by atoms with Gasteiger partial charge in [-0.3, -0.25) is 0 Å². The molecule has 0 aromatic rings. The summed E-state index contributed by atoms with van der Waals surface area (Å²) in [6.07, 6.45) is 6.84. The highest BCUT2D eigenvalue weighted by Crippen LogP contribution is 2.03. The van der Waals surface area contributed by atoms with E-state index in [1.54, 1.807) is 6.20 Å². The SMILES string of the molecule is C=CNC(CCC)CCC. The van der Waals surface area contributed by atoms with Crippen LogP contribution < -0.4 is 5.32 Å². The van der Waals surface area contributed by atoms with Gasteiger partial charge >= 0.3 is 0 Å². The van der Waals surface area contributed by atoms with E-state index in [1.807, 2.05) is 0 Å². The second kappa shape index (κ2) is 6.66. The van der Waals surface area contributed by atoms with Crippen molar-refractivity contribution >= 4 is 0 Å². The van der Waals surface area contributed by atoms with Crippen molar-refractivity contribution in [2.45, 2.75) is 45.6 Å². The van der Waals surface area contributed by atoms with Gasteiger partial charge in [-0.1, -0.05) is 33.3 Å². The molecule has 0 spiro atoms.